The van der Waals surface area contributed by atoms with Gasteiger partial charge in [-0.1, -0.05) is 217 Å². The number of allylic oxidation sites excluding steroid dienone is 8. The second-order valence-electron chi connectivity index (χ2n) is 20.5. The van der Waals surface area contributed by atoms with E-state index in [1.54, 1.807) is 0 Å². The summed E-state index contributed by atoms with van der Waals surface area (Å²) >= 11 is 0. The average Bonchev–Trinajstić information content (AvgIpc) is 3.39. The van der Waals surface area contributed by atoms with Gasteiger partial charge in [-0.2, -0.15) is 0 Å². The normalized spacial score (nSPS) is 13.6. The Hall–Kier alpha value is -2.56. The van der Waals surface area contributed by atoms with Crippen LogP contribution in [0, 0.1) is 0 Å². The number of hydrogen-bond acceptors (Lipinski definition) is 10. The zero-order chi connectivity index (χ0) is 54.1. The zero-order valence-electron chi connectivity index (χ0n) is 47.8. The van der Waals surface area contributed by atoms with Crippen LogP contribution in [0.5, 0.6) is 0 Å². The standard InChI is InChI=1S/C62H113O11P/c1-4-7-10-13-16-19-22-25-27-28-29-30-32-35-38-41-44-47-50-53-62(66)73-59(55-69-60(64)51-48-45-42-39-36-33-24-21-18-15-12-9-6-3)57-71-74(67,68)70-56-58(54-63)72-61(65)52-49-46-43-40-37-34-31-26-23-20-17-14-11-8-5-2/h16,19,21,24-27,31,58-59,63H,4-15,17-18,20,22-23,28-30,32-57H2,1-3H3,(H,67,68)/b19-16-,24-21-,27-25-,31-26-. The molecule has 0 saturated heterocycles. The number of aliphatic hydroxyl groups is 1. The summed E-state index contributed by atoms with van der Waals surface area (Å²) in [6.07, 6.45) is 60.6. The van der Waals surface area contributed by atoms with Crippen molar-refractivity contribution < 1.29 is 52.2 Å². The van der Waals surface area contributed by atoms with Crippen LogP contribution in [0.3, 0.4) is 0 Å². The van der Waals surface area contributed by atoms with Gasteiger partial charge in [0.15, 0.2) is 6.10 Å². The highest BCUT2D eigenvalue weighted by molar-refractivity contribution is 7.47. The molecular weight excluding hydrogens is 952 g/mol. The van der Waals surface area contributed by atoms with E-state index in [4.69, 9.17) is 23.3 Å². The number of phosphoric acid groups is 1. The van der Waals surface area contributed by atoms with Crippen LogP contribution in [-0.2, 0) is 42.2 Å². The molecule has 0 aliphatic heterocycles. The van der Waals surface area contributed by atoms with Crippen LogP contribution in [0.1, 0.15) is 290 Å². The molecule has 432 valence electrons. The molecule has 0 aromatic rings. The molecule has 0 aromatic heterocycles. The van der Waals surface area contributed by atoms with Gasteiger partial charge in [0.25, 0.3) is 0 Å². The molecule has 0 spiro atoms. The Morgan fingerprint density at radius 2 is 0.662 bits per heavy atom. The molecule has 0 aliphatic carbocycles. The number of unbranched alkanes of at least 4 members (excludes halogenated alkanes) is 32. The van der Waals surface area contributed by atoms with Crippen LogP contribution in [-0.4, -0.2) is 66.5 Å². The van der Waals surface area contributed by atoms with Gasteiger partial charge in [0.05, 0.1) is 19.8 Å². The minimum absolute atomic E-state index is 0.162. The molecule has 74 heavy (non-hydrogen) atoms. The molecule has 11 nitrogen and oxygen atoms in total. The SMILES string of the molecule is CCCCC/C=C\C/C=C\CCCCCCCCCCCC(=O)OC(COC(=O)CCCCCCC/C=C\CCCCCC)COP(=O)(O)OCC(CO)OC(=O)CCCCCCC/C=C\CCCCCCCC. The number of phosphoric ester groups is 1. The molecule has 0 amide bonds. The Morgan fingerprint density at radius 1 is 0.378 bits per heavy atom. The summed E-state index contributed by atoms with van der Waals surface area (Å²) in [7, 11) is -4.75. The Balaban J connectivity index is 4.69. The summed E-state index contributed by atoms with van der Waals surface area (Å²) in [4.78, 5) is 48.6. The molecule has 3 unspecified atom stereocenters. The van der Waals surface area contributed by atoms with E-state index in [1.807, 2.05) is 0 Å². The van der Waals surface area contributed by atoms with Crippen molar-refractivity contribution in [2.24, 2.45) is 0 Å². The van der Waals surface area contributed by atoms with Crippen molar-refractivity contribution >= 4 is 25.7 Å². The van der Waals surface area contributed by atoms with E-state index in [-0.39, 0.29) is 25.9 Å². The topological polar surface area (TPSA) is 155 Å². The smallest absolute Gasteiger partial charge is 0.462 e. The number of carbonyl (C=O) groups is 3. The first-order valence-electron chi connectivity index (χ1n) is 30.5. The maximum atomic E-state index is 12.9. The number of aliphatic hydroxyl groups excluding tert-OH is 1. The van der Waals surface area contributed by atoms with Crippen LogP contribution < -0.4 is 0 Å². The predicted molar refractivity (Wildman–Crippen MR) is 307 cm³/mol. The summed E-state index contributed by atoms with van der Waals surface area (Å²) in [6, 6.07) is 0. The lowest BCUT2D eigenvalue weighted by molar-refractivity contribution is -0.161. The maximum absolute atomic E-state index is 12.9. The Bertz CT molecular complexity index is 1430. The summed E-state index contributed by atoms with van der Waals surface area (Å²) in [5, 5.41) is 9.82. The lowest BCUT2D eigenvalue weighted by atomic mass is 10.1. The zero-order valence-corrected chi connectivity index (χ0v) is 48.7. The van der Waals surface area contributed by atoms with Gasteiger partial charge in [-0.15, -0.1) is 0 Å². The number of rotatable bonds is 57. The van der Waals surface area contributed by atoms with Gasteiger partial charge in [-0.3, -0.25) is 23.4 Å². The summed E-state index contributed by atoms with van der Waals surface area (Å²) in [6.45, 7) is 4.61. The first-order chi connectivity index (χ1) is 36.2. The number of ether oxygens (including phenoxy) is 3. The highest BCUT2D eigenvalue weighted by Gasteiger charge is 2.28. The molecule has 0 rings (SSSR count). The Morgan fingerprint density at radius 3 is 1.05 bits per heavy atom. The summed E-state index contributed by atoms with van der Waals surface area (Å²) in [5.41, 5.74) is 0. The molecule has 3 atom stereocenters. The van der Waals surface area contributed by atoms with Crippen molar-refractivity contribution in [1.82, 2.24) is 0 Å². The van der Waals surface area contributed by atoms with Crippen molar-refractivity contribution in [2.45, 2.75) is 303 Å². The molecule has 0 fully saturated rings. The summed E-state index contributed by atoms with van der Waals surface area (Å²) in [5.74, 6) is -1.47. The molecular formula is C62H113O11P. The van der Waals surface area contributed by atoms with E-state index in [2.05, 4.69) is 69.4 Å². The number of esters is 3. The number of hydrogen-bond donors (Lipinski definition) is 2. The van der Waals surface area contributed by atoms with Gasteiger partial charge < -0.3 is 24.2 Å². The second-order valence-corrected chi connectivity index (χ2v) is 22.0. The van der Waals surface area contributed by atoms with Gasteiger partial charge in [-0.05, 0) is 103 Å². The Labute approximate surface area is 453 Å². The fourth-order valence-corrected chi connectivity index (χ4v) is 9.28. The highest BCUT2D eigenvalue weighted by atomic mass is 31.2. The van der Waals surface area contributed by atoms with Crippen molar-refractivity contribution in [3.05, 3.63) is 48.6 Å². The molecule has 0 aromatic carbocycles. The first-order valence-corrected chi connectivity index (χ1v) is 32.0. The third kappa shape index (κ3) is 54.2. The molecule has 0 bridgehead atoms. The summed E-state index contributed by atoms with van der Waals surface area (Å²) < 4.78 is 39.6. The van der Waals surface area contributed by atoms with Gasteiger partial charge in [0.1, 0.15) is 12.7 Å². The minimum Gasteiger partial charge on any atom is -0.462 e. The number of carbonyl (C=O) groups excluding carboxylic acids is 3. The van der Waals surface area contributed by atoms with Crippen LogP contribution in [0.4, 0.5) is 0 Å². The molecule has 12 heteroatoms. The third-order valence-corrected chi connectivity index (χ3v) is 14.1. The van der Waals surface area contributed by atoms with E-state index in [1.165, 1.54) is 122 Å². The first kappa shape index (κ1) is 71.4. The van der Waals surface area contributed by atoms with Crippen molar-refractivity contribution in [3.63, 3.8) is 0 Å². The molecule has 0 saturated carbocycles. The van der Waals surface area contributed by atoms with Gasteiger partial charge in [-0.25, -0.2) is 4.57 Å². The molecule has 0 aliphatic rings. The highest BCUT2D eigenvalue weighted by Crippen LogP contribution is 2.43. The fraction of sp³-hybridized carbons (Fsp3) is 0.823. The van der Waals surface area contributed by atoms with Gasteiger partial charge >= 0.3 is 25.7 Å². The Kier molecular flexibility index (Phi) is 54.7. The average molecular weight is 1070 g/mol. The van der Waals surface area contributed by atoms with E-state index in [0.717, 1.165) is 109 Å². The van der Waals surface area contributed by atoms with Crippen molar-refractivity contribution in [3.8, 4) is 0 Å². The van der Waals surface area contributed by atoms with Crippen LogP contribution in [0.25, 0.3) is 0 Å². The van der Waals surface area contributed by atoms with Crippen LogP contribution in [0.15, 0.2) is 48.6 Å². The van der Waals surface area contributed by atoms with Crippen molar-refractivity contribution in [1.29, 1.82) is 0 Å². The predicted octanol–water partition coefficient (Wildman–Crippen LogP) is 18.1. The molecule has 0 heterocycles. The largest absolute Gasteiger partial charge is 0.472 e. The monoisotopic (exact) mass is 1060 g/mol. The lowest BCUT2D eigenvalue weighted by Crippen LogP contribution is -2.30. The fourth-order valence-electron chi connectivity index (χ4n) is 8.49. The van der Waals surface area contributed by atoms with E-state index >= 15 is 0 Å². The quantitative estimate of drug-likeness (QED) is 0.0197. The minimum atomic E-state index is -4.75. The van der Waals surface area contributed by atoms with Crippen LogP contribution in [0.2, 0.25) is 0 Å². The van der Waals surface area contributed by atoms with Gasteiger partial charge in [0, 0.05) is 19.3 Å². The molecule has 0 radical (unpaired) electrons. The third-order valence-electron chi connectivity index (χ3n) is 13.2. The van der Waals surface area contributed by atoms with Gasteiger partial charge in [0.2, 0.25) is 0 Å². The maximum Gasteiger partial charge on any atom is 0.472 e. The lowest BCUT2D eigenvalue weighted by Gasteiger charge is -2.21. The van der Waals surface area contributed by atoms with E-state index in [0.29, 0.717) is 19.3 Å². The van der Waals surface area contributed by atoms with E-state index < -0.39 is 57.8 Å². The molecule has 2 N–H and O–H groups in total. The van der Waals surface area contributed by atoms with Crippen molar-refractivity contribution in [2.75, 3.05) is 26.4 Å². The van der Waals surface area contributed by atoms with E-state index in [9.17, 15) is 28.9 Å². The second kappa shape index (κ2) is 56.6. The van der Waals surface area contributed by atoms with Crippen LogP contribution >= 0.6 is 7.82 Å².